The first-order valence-corrected chi connectivity index (χ1v) is 10.8. The maximum Gasteiger partial charge on any atom is 0.317 e. The molecule has 0 radical (unpaired) electrons. The van der Waals surface area contributed by atoms with Crippen LogP contribution in [0.5, 0.6) is 0 Å². The van der Waals surface area contributed by atoms with Crippen molar-refractivity contribution in [2.45, 2.75) is 52.0 Å². The van der Waals surface area contributed by atoms with Gasteiger partial charge in [-0.2, -0.15) is 5.10 Å². The number of urea groups is 1. The third-order valence-electron chi connectivity index (χ3n) is 7.02. The zero-order chi connectivity index (χ0) is 21.5. The smallest absolute Gasteiger partial charge is 0.317 e. The lowest BCUT2D eigenvalue weighted by molar-refractivity contribution is 0.198. The number of hydrogen-bond acceptors (Lipinski definition) is 2. The van der Waals surface area contributed by atoms with Gasteiger partial charge in [-0.3, -0.25) is 0 Å². The Morgan fingerprint density at radius 2 is 2.10 bits per heavy atom. The molecule has 2 aliphatic carbocycles. The molecule has 2 aliphatic rings. The molecule has 160 valence electrons. The summed E-state index contributed by atoms with van der Waals surface area (Å²) in [5.74, 6) is 0.287. The van der Waals surface area contributed by atoms with Gasteiger partial charge in [-0.15, -0.1) is 0 Å². The van der Waals surface area contributed by atoms with Gasteiger partial charge in [0.05, 0.1) is 17.6 Å². The predicted octanol–water partition coefficient (Wildman–Crippen LogP) is 4.81. The van der Waals surface area contributed by atoms with E-state index >= 15 is 0 Å². The van der Waals surface area contributed by atoms with E-state index < -0.39 is 0 Å². The van der Waals surface area contributed by atoms with Gasteiger partial charge in [0.1, 0.15) is 5.82 Å². The molecule has 0 bridgehead atoms. The lowest BCUT2D eigenvalue weighted by Gasteiger charge is -2.37. The molecule has 1 unspecified atom stereocenters. The highest BCUT2D eigenvalue weighted by Gasteiger charge is 2.46. The minimum atomic E-state index is -0.240. The van der Waals surface area contributed by atoms with Gasteiger partial charge in [0, 0.05) is 20.1 Å². The fourth-order valence-corrected chi connectivity index (χ4v) is 5.07. The quantitative estimate of drug-likeness (QED) is 0.769. The standard InChI is InChI=1S/C24H31FN4O/c1-5-20(27-23(30)28(3)4)12-17-6-7-18-13-22-16(14-24(17,18)2)15-26-29(22)21-10-8-19(25)9-11-21/h8-11,13,15,17,20H,5-7,12,14H2,1-4H3,(H,27,30)/t17-,20?,24-/m1/s1. The van der Waals surface area contributed by atoms with Gasteiger partial charge in [0.15, 0.2) is 0 Å². The first-order valence-electron chi connectivity index (χ1n) is 10.8. The molecule has 30 heavy (non-hydrogen) atoms. The topological polar surface area (TPSA) is 50.2 Å². The van der Waals surface area contributed by atoms with Gasteiger partial charge in [0.2, 0.25) is 0 Å². The summed E-state index contributed by atoms with van der Waals surface area (Å²) < 4.78 is 15.2. The van der Waals surface area contributed by atoms with Crippen molar-refractivity contribution in [1.82, 2.24) is 20.0 Å². The van der Waals surface area contributed by atoms with Crippen molar-refractivity contribution in [2.24, 2.45) is 11.3 Å². The lowest BCUT2D eigenvalue weighted by atomic mass is 9.68. The maximum atomic E-state index is 13.3. The van der Waals surface area contributed by atoms with Gasteiger partial charge in [0.25, 0.3) is 0 Å². The van der Waals surface area contributed by atoms with Crippen molar-refractivity contribution in [3.63, 3.8) is 0 Å². The molecule has 3 atom stereocenters. The van der Waals surface area contributed by atoms with Crippen molar-refractivity contribution >= 4 is 12.1 Å². The molecule has 1 aromatic heterocycles. The monoisotopic (exact) mass is 410 g/mol. The Balaban J connectivity index is 1.56. The Morgan fingerprint density at radius 1 is 1.37 bits per heavy atom. The van der Waals surface area contributed by atoms with E-state index in [9.17, 15) is 9.18 Å². The number of benzene rings is 1. The number of hydrogen-bond donors (Lipinski definition) is 1. The fourth-order valence-electron chi connectivity index (χ4n) is 5.07. The zero-order valence-electron chi connectivity index (χ0n) is 18.3. The van der Waals surface area contributed by atoms with Crippen molar-refractivity contribution in [1.29, 1.82) is 0 Å². The molecule has 4 rings (SSSR count). The van der Waals surface area contributed by atoms with Gasteiger partial charge in [-0.25, -0.2) is 13.9 Å². The third-order valence-corrected chi connectivity index (χ3v) is 7.02. The van der Waals surface area contributed by atoms with Crippen LogP contribution in [0.15, 0.2) is 36.0 Å². The van der Waals surface area contributed by atoms with E-state index in [1.54, 1.807) is 31.1 Å². The second kappa shape index (κ2) is 7.89. The number of nitrogens with one attached hydrogen (secondary N) is 1. The lowest BCUT2D eigenvalue weighted by Crippen LogP contribution is -2.43. The number of rotatable bonds is 5. The van der Waals surface area contributed by atoms with Crippen LogP contribution in [0.2, 0.25) is 0 Å². The molecule has 1 saturated carbocycles. The van der Waals surface area contributed by atoms with Crippen molar-refractivity contribution in [3.8, 4) is 5.69 Å². The molecule has 0 spiro atoms. The molecule has 2 aromatic rings. The number of aromatic nitrogens is 2. The van der Waals surface area contributed by atoms with Crippen LogP contribution >= 0.6 is 0 Å². The van der Waals surface area contributed by atoms with Crippen LogP contribution in [-0.4, -0.2) is 40.8 Å². The first-order chi connectivity index (χ1) is 14.3. The number of amides is 2. The number of nitrogens with zero attached hydrogens (tertiary/aromatic N) is 3. The molecule has 1 fully saturated rings. The van der Waals surface area contributed by atoms with Crippen molar-refractivity contribution in [3.05, 3.63) is 53.1 Å². The minimum absolute atomic E-state index is 0.0210. The minimum Gasteiger partial charge on any atom is -0.335 e. The number of carbonyl (C=O) groups is 1. The second-order valence-corrected chi connectivity index (χ2v) is 9.13. The molecule has 0 saturated heterocycles. The van der Waals surface area contributed by atoms with Crippen molar-refractivity contribution in [2.75, 3.05) is 14.1 Å². The molecular weight excluding hydrogens is 379 g/mol. The highest BCUT2D eigenvalue weighted by atomic mass is 19.1. The van der Waals surface area contributed by atoms with Crippen molar-refractivity contribution < 1.29 is 9.18 Å². The highest BCUT2D eigenvalue weighted by molar-refractivity contribution is 5.73. The van der Waals surface area contributed by atoms with E-state index in [2.05, 4.69) is 30.3 Å². The number of carbonyl (C=O) groups excluding carboxylic acids is 1. The summed E-state index contributed by atoms with van der Waals surface area (Å²) in [7, 11) is 3.56. The molecular formula is C24H31FN4O. The molecule has 5 nitrogen and oxygen atoms in total. The zero-order valence-corrected chi connectivity index (χ0v) is 18.3. The Labute approximate surface area is 178 Å². The summed E-state index contributed by atoms with van der Waals surface area (Å²) in [5, 5.41) is 7.78. The number of allylic oxidation sites excluding steroid dienone is 1. The van der Waals surface area contributed by atoms with Crippen LogP contribution < -0.4 is 5.32 Å². The molecule has 1 aromatic carbocycles. The normalized spacial score (nSPS) is 23.4. The Morgan fingerprint density at radius 3 is 2.77 bits per heavy atom. The largest absolute Gasteiger partial charge is 0.335 e. The molecule has 1 heterocycles. The second-order valence-electron chi connectivity index (χ2n) is 9.13. The van der Waals surface area contributed by atoms with Crippen LogP contribution in [0.25, 0.3) is 11.8 Å². The average molecular weight is 411 g/mol. The molecule has 6 heteroatoms. The van der Waals surface area contributed by atoms with E-state index in [0.717, 1.165) is 43.5 Å². The van der Waals surface area contributed by atoms with E-state index in [-0.39, 0.29) is 23.3 Å². The summed E-state index contributed by atoms with van der Waals surface area (Å²) in [6, 6.07) is 6.65. The highest BCUT2D eigenvalue weighted by Crippen LogP contribution is 2.54. The van der Waals surface area contributed by atoms with E-state index in [4.69, 9.17) is 0 Å². The Kier molecular flexibility index (Phi) is 5.43. The van der Waals surface area contributed by atoms with E-state index in [1.807, 2.05) is 10.9 Å². The predicted molar refractivity (Wildman–Crippen MR) is 117 cm³/mol. The van der Waals surface area contributed by atoms with Crippen LogP contribution in [0.3, 0.4) is 0 Å². The van der Waals surface area contributed by atoms with Crippen LogP contribution in [0.4, 0.5) is 9.18 Å². The molecule has 2 amide bonds. The van der Waals surface area contributed by atoms with Crippen LogP contribution in [0, 0.1) is 17.2 Å². The molecule has 1 N–H and O–H groups in total. The van der Waals surface area contributed by atoms with Crippen LogP contribution in [0.1, 0.15) is 50.8 Å². The SMILES string of the molecule is CCC(C[C@H]1CCC2=Cc3c(cnn3-c3ccc(F)cc3)C[C@@]21C)NC(=O)N(C)C. The van der Waals surface area contributed by atoms with Crippen LogP contribution in [-0.2, 0) is 6.42 Å². The van der Waals surface area contributed by atoms with E-state index in [0.29, 0.717) is 5.92 Å². The summed E-state index contributed by atoms with van der Waals surface area (Å²) in [5.41, 5.74) is 4.80. The number of fused-ring (bicyclic) bond motifs is 2. The van der Waals surface area contributed by atoms with E-state index in [1.165, 1.54) is 23.3 Å². The average Bonchev–Trinajstić information content (AvgIpc) is 3.26. The van der Waals surface area contributed by atoms with Gasteiger partial charge < -0.3 is 10.2 Å². The Bertz CT molecular complexity index is 962. The first kappa shape index (κ1) is 20.6. The Hall–Kier alpha value is -2.63. The van der Waals surface area contributed by atoms with Gasteiger partial charge in [-0.05, 0) is 79.3 Å². The summed E-state index contributed by atoms with van der Waals surface area (Å²) >= 11 is 0. The fraction of sp³-hybridized carbons (Fsp3) is 0.500. The third kappa shape index (κ3) is 3.64. The summed E-state index contributed by atoms with van der Waals surface area (Å²) in [6.45, 7) is 4.51. The number of halogens is 1. The van der Waals surface area contributed by atoms with Gasteiger partial charge in [-0.1, -0.05) is 19.4 Å². The summed E-state index contributed by atoms with van der Waals surface area (Å²) in [6.07, 6.45) is 9.35. The molecule has 0 aliphatic heterocycles. The summed E-state index contributed by atoms with van der Waals surface area (Å²) in [4.78, 5) is 13.7. The maximum absolute atomic E-state index is 13.3. The van der Waals surface area contributed by atoms with Gasteiger partial charge >= 0.3 is 6.03 Å².